The zero-order chi connectivity index (χ0) is 21.5. The number of nitrogens with zero attached hydrogens (tertiary/aromatic N) is 4. The quantitative estimate of drug-likeness (QED) is 0.584. The van der Waals surface area contributed by atoms with E-state index in [0.717, 1.165) is 11.1 Å². The Hall–Kier alpha value is -2.61. The number of fused-ring (bicyclic) bond motifs is 1. The number of carbonyl (C=O) groups is 1. The van der Waals surface area contributed by atoms with Crippen LogP contribution in [0.4, 0.5) is 8.78 Å². The van der Waals surface area contributed by atoms with E-state index in [2.05, 4.69) is 15.2 Å². The topological polar surface area (TPSA) is 80.4 Å². The standard InChI is InChI=1S/C20H21ClF2N4O2/c1-10-9-24-14(7-12(10)8-21)15(20(3,4)19(28)29)13-5-6-27-17(11(13)2)25-26-18(27)16(22)23/h5-7,9,15-16H,8H2,1-4H3,(H,28,29). The zero-order valence-electron chi connectivity index (χ0n) is 16.4. The number of aliphatic carboxylic acids is 1. The van der Waals surface area contributed by atoms with Crippen LogP contribution in [0.15, 0.2) is 24.5 Å². The molecule has 0 spiro atoms. The van der Waals surface area contributed by atoms with Crippen molar-refractivity contribution in [3.63, 3.8) is 0 Å². The fourth-order valence-corrected chi connectivity index (χ4v) is 3.79. The smallest absolute Gasteiger partial charge is 0.310 e. The highest BCUT2D eigenvalue weighted by atomic mass is 35.5. The minimum absolute atomic E-state index is 0.258. The second-order valence-corrected chi connectivity index (χ2v) is 7.84. The molecule has 0 bridgehead atoms. The lowest BCUT2D eigenvalue weighted by Crippen LogP contribution is -2.33. The van der Waals surface area contributed by atoms with Gasteiger partial charge in [0.25, 0.3) is 6.43 Å². The number of aryl methyl sites for hydroxylation is 2. The summed E-state index contributed by atoms with van der Waals surface area (Å²) in [7, 11) is 0. The van der Waals surface area contributed by atoms with E-state index in [9.17, 15) is 18.7 Å². The first kappa shape index (κ1) is 21.1. The number of hydrogen-bond acceptors (Lipinski definition) is 4. The van der Waals surface area contributed by atoms with Crippen molar-refractivity contribution < 1.29 is 18.7 Å². The number of hydrogen-bond donors (Lipinski definition) is 1. The highest BCUT2D eigenvalue weighted by Crippen LogP contribution is 2.42. The van der Waals surface area contributed by atoms with Crippen molar-refractivity contribution in [1.82, 2.24) is 19.6 Å². The maximum atomic E-state index is 13.2. The second kappa shape index (κ2) is 7.67. The van der Waals surface area contributed by atoms with E-state index in [0.29, 0.717) is 16.8 Å². The summed E-state index contributed by atoms with van der Waals surface area (Å²) < 4.78 is 27.6. The van der Waals surface area contributed by atoms with Gasteiger partial charge >= 0.3 is 5.97 Å². The third-order valence-electron chi connectivity index (χ3n) is 5.35. The summed E-state index contributed by atoms with van der Waals surface area (Å²) in [6, 6.07) is 3.44. The van der Waals surface area contributed by atoms with Crippen molar-refractivity contribution in [2.45, 2.75) is 45.9 Å². The zero-order valence-corrected chi connectivity index (χ0v) is 17.2. The monoisotopic (exact) mass is 422 g/mol. The van der Waals surface area contributed by atoms with Gasteiger partial charge in [0.15, 0.2) is 5.65 Å². The summed E-state index contributed by atoms with van der Waals surface area (Å²) in [6.45, 7) is 6.82. The van der Waals surface area contributed by atoms with E-state index < -0.39 is 29.6 Å². The molecule has 29 heavy (non-hydrogen) atoms. The summed E-state index contributed by atoms with van der Waals surface area (Å²) in [5.74, 6) is -1.85. The first-order chi connectivity index (χ1) is 13.6. The van der Waals surface area contributed by atoms with E-state index in [4.69, 9.17) is 11.6 Å². The third-order valence-corrected chi connectivity index (χ3v) is 5.64. The van der Waals surface area contributed by atoms with Crippen LogP contribution in [0.1, 0.15) is 60.0 Å². The van der Waals surface area contributed by atoms with Crippen molar-refractivity contribution in [2.75, 3.05) is 0 Å². The Morgan fingerprint density at radius 1 is 1.31 bits per heavy atom. The van der Waals surface area contributed by atoms with Crippen LogP contribution >= 0.6 is 11.6 Å². The minimum atomic E-state index is -2.77. The van der Waals surface area contributed by atoms with Crippen LogP contribution < -0.4 is 0 Å². The molecule has 3 rings (SSSR count). The number of halogens is 3. The van der Waals surface area contributed by atoms with Crippen LogP contribution in [0.25, 0.3) is 5.65 Å². The first-order valence-electron chi connectivity index (χ1n) is 8.96. The summed E-state index contributed by atoms with van der Waals surface area (Å²) in [6.07, 6.45) is 0.338. The van der Waals surface area contributed by atoms with Crippen molar-refractivity contribution in [3.8, 4) is 0 Å². The van der Waals surface area contributed by atoms with Crippen LogP contribution in [0.5, 0.6) is 0 Å². The molecular weight excluding hydrogens is 402 g/mol. The summed E-state index contributed by atoms with van der Waals surface area (Å²) >= 11 is 6.04. The number of carboxylic acids is 1. The molecular formula is C20H21ClF2N4O2. The molecule has 6 nitrogen and oxygen atoms in total. The molecule has 1 unspecified atom stereocenters. The molecule has 0 fully saturated rings. The number of carboxylic acid groups (broad SMARTS) is 1. The number of pyridine rings is 2. The van der Waals surface area contributed by atoms with Gasteiger partial charge in [0.2, 0.25) is 5.82 Å². The highest BCUT2D eigenvalue weighted by Gasteiger charge is 2.41. The molecule has 154 valence electrons. The maximum Gasteiger partial charge on any atom is 0.310 e. The van der Waals surface area contributed by atoms with Crippen LogP contribution in [-0.4, -0.2) is 30.7 Å². The Bertz CT molecular complexity index is 1080. The number of alkyl halides is 3. The Morgan fingerprint density at radius 3 is 2.59 bits per heavy atom. The molecule has 9 heteroatoms. The van der Waals surface area contributed by atoms with Crippen LogP contribution in [0.2, 0.25) is 0 Å². The normalized spacial score (nSPS) is 13.2. The second-order valence-electron chi connectivity index (χ2n) is 7.58. The molecule has 0 saturated carbocycles. The lowest BCUT2D eigenvalue weighted by molar-refractivity contribution is -0.147. The van der Waals surface area contributed by atoms with E-state index in [-0.39, 0.29) is 11.5 Å². The molecule has 1 atom stereocenters. The maximum absolute atomic E-state index is 13.2. The van der Waals surface area contributed by atoms with Gasteiger partial charge in [0.1, 0.15) is 0 Å². The molecule has 0 amide bonds. The fraction of sp³-hybridized carbons (Fsp3) is 0.400. The van der Waals surface area contributed by atoms with Crippen molar-refractivity contribution >= 4 is 23.2 Å². The van der Waals surface area contributed by atoms with Gasteiger partial charge in [-0.1, -0.05) is 0 Å². The van der Waals surface area contributed by atoms with Gasteiger partial charge in [-0.2, -0.15) is 0 Å². The molecule has 0 radical (unpaired) electrons. The lowest BCUT2D eigenvalue weighted by Gasteiger charge is -2.32. The van der Waals surface area contributed by atoms with Crippen molar-refractivity contribution in [1.29, 1.82) is 0 Å². The van der Waals surface area contributed by atoms with Gasteiger partial charge in [-0.25, -0.2) is 8.78 Å². The van der Waals surface area contributed by atoms with Crippen LogP contribution in [0, 0.1) is 19.3 Å². The SMILES string of the molecule is Cc1cnc(C(c2ccn3c(C(F)F)nnc3c2C)C(C)(C)C(=O)O)cc1CCl. The van der Waals surface area contributed by atoms with Gasteiger partial charge in [-0.15, -0.1) is 21.8 Å². The molecule has 3 heterocycles. The Labute approximate surface area is 171 Å². The average molecular weight is 423 g/mol. The predicted molar refractivity (Wildman–Crippen MR) is 104 cm³/mol. The molecule has 3 aromatic rings. The molecule has 0 aromatic carbocycles. The van der Waals surface area contributed by atoms with Crippen LogP contribution in [0.3, 0.4) is 0 Å². The molecule has 0 aliphatic heterocycles. The predicted octanol–water partition coefficient (Wildman–Crippen LogP) is 4.66. The number of aromatic nitrogens is 4. The number of rotatable bonds is 6. The summed E-state index contributed by atoms with van der Waals surface area (Å²) in [5, 5.41) is 17.4. The molecule has 0 aliphatic carbocycles. The Morgan fingerprint density at radius 2 is 2.00 bits per heavy atom. The summed E-state index contributed by atoms with van der Waals surface area (Å²) in [4.78, 5) is 16.6. The average Bonchev–Trinajstić information content (AvgIpc) is 3.10. The molecule has 1 N–H and O–H groups in total. The lowest BCUT2D eigenvalue weighted by atomic mass is 9.72. The fourth-order valence-electron chi connectivity index (χ4n) is 3.50. The van der Waals surface area contributed by atoms with Gasteiger partial charge in [0, 0.05) is 29.9 Å². The van der Waals surface area contributed by atoms with Gasteiger partial charge in [-0.3, -0.25) is 14.2 Å². The van der Waals surface area contributed by atoms with Crippen molar-refractivity contribution in [3.05, 3.63) is 58.3 Å². The van der Waals surface area contributed by atoms with Gasteiger partial charge < -0.3 is 5.11 Å². The van der Waals surface area contributed by atoms with Crippen molar-refractivity contribution in [2.24, 2.45) is 5.41 Å². The summed E-state index contributed by atoms with van der Waals surface area (Å²) in [5.41, 5.74) is 2.52. The Balaban J connectivity index is 2.28. The van der Waals surface area contributed by atoms with Crippen LogP contribution in [-0.2, 0) is 10.7 Å². The molecule has 0 aliphatic rings. The van der Waals surface area contributed by atoms with E-state index >= 15 is 0 Å². The van der Waals surface area contributed by atoms with Gasteiger partial charge in [-0.05, 0) is 62.1 Å². The highest BCUT2D eigenvalue weighted by molar-refractivity contribution is 6.17. The minimum Gasteiger partial charge on any atom is -0.481 e. The van der Waals surface area contributed by atoms with E-state index in [1.165, 1.54) is 10.6 Å². The Kier molecular flexibility index (Phi) is 5.58. The molecule has 0 saturated heterocycles. The third kappa shape index (κ3) is 3.57. The van der Waals surface area contributed by atoms with E-state index in [1.54, 1.807) is 39.1 Å². The van der Waals surface area contributed by atoms with Gasteiger partial charge in [0.05, 0.1) is 5.41 Å². The van der Waals surface area contributed by atoms with E-state index in [1.807, 2.05) is 6.92 Å². The first-order valence-corrected chi connectivity index (χ1v) is 9.50. The largest absolute Gasteiger partial charge is 0.481 e. The molecule has 3 aromatic heterocycles.